The van der Waals surface area contributed by atoms with E-state index < -0.39 is 17.5 Å². The van der Waals surface area contributed by atoms with Crippen molar-refractivity contribution in [3.63, 3.8) is 0 Å². The monoisotopic (exact) mass is 499 g/mol. The summed E-state index contributed by atoms with van der Waals surface area (Å²) in [5.41, 5.74) is 0.655. The maximum absolute atomic E-state index is 13.4. The highest BCUT2D eigenvalue weighted by atomic mass is 19.1. The molecule has 8 nitrogen and oxygen atoms in total. The number of hydrogen-bond donors (Lipinski definition) is 2. The molecule has 0 unspecified atom stereocenters. The minimum Gasteiger partial charge on any atom is -0.493 e. The maximum Gasteiger partial charge on any atom is 0.161 e. The molecule has 9 heteroatoms. The second-order valence-corrected chi connectivity index (χ2v) is 9.33. The Labute approximate surface area is 210 Å². The summed E-state index contributed by atoms with van der Waals surface area (Å²) >= 11 is 0. The number of methoxy groups -OCH3 is 1. The zero-order chi connectivity index (χ0) is 25.5. The molecule has 0 bridgehead atoms. The molecule has 2 N–H and O–H groups in total. The van der Waals surface area contributed by atoms with Crippen molar-refractivity contribution in [2.24, 2.45) is 0 Å². The Morgan fingerprint density at radius 3 is 2.78 bits per heavy atom. The van der Waals surface area contributed by atoms with Crippen LogP contribution >= 0.6 is 0 Å². The highest BCUT2D eigenvalue weighted by Crippen LogP contribution is 2.30. The van der Waals surface area contributed by atoms with Crippen LogP contribution in [0.4, 0.5) is 4.39 Å². The summed E-state index contributed by atoms with van der Waals surface area (Å²) in [5, 5.41) is 25.9. The molecule has 2 aromatic carbocycles. The predicted octanol–water partition coefficient (Wildman–Crippen LogP) is 3.19. The minimum absolute atomic E-state index is 0.138. The van der Waals surface area contributed by atoms with Crippen LogP contribution in [0.15, 0.2) is 54.9 Å². The fourth-order valence-electron chi connectivity index (χ4n) is 4.38. The Hall–Kier alpha value is -3.14. The van der Waals surface area contributed by atoms with Gasteiger partial charge in [0.2, 0.25) is 0 Å². The number of aliphatic hydroxyl groups excluding tert-OH is 1. The van der Waals surface area contributed by atoms with Gasteiger partial charge in [-0.15, -0.1) is 0 Å². The van der Waals surface area contributed by atoms with Crippen molar-refractivity contribution < 1.29 is 28.8 Å². The Balaban J connectivity index is 1.34. The van der Waals surface area contributed by atoms with E-state index >= 15 is 0 Å². The number of aromatic nitrogens is 2. The molecule has 0 aliphatic carbocycles. The topological polar surface area (TPSA) is 89.2 Å². The Bertz CT molecular complexity index is 1140. The van der Waals surface area contributed by atoms with Gasteiger partial charge in [-0.05, 0) is 48.7 Å². The zero-order valence-electron chi connectivity index (χ0n) is 20.8. The Morgan fingerprint density at radius 1 is 1.17 bits per heavy atom. The summed E-state index contributed by atoms with van der Waals surface area (Å²) in [5.74, 6) is 1.21. The number of rotatable bonds is 11. The molecule has 4 rings (SSSR count). The lowest BCUT2D eigenvalue weighted by Gasteiger charge is -2.42. The Kier molecular flexibility index (Phi) is 8.45. The third-order valence-electron chi connectivity index (χ3n) is 6.31. The number of nitrogens with zero attached hydrogens (tertiary/aromatic N) is 3. The van der Waals surface area contributed by atoms with Crippen molar-refractivity contribution in [1.29, 1.82) is 0 Å². The van der Waals surface area contributed by atoms with Crippen molar-refractivity contribution in [1.82, 2.24) is 14.7 Å². The summed E-state index contributed by atoms with van der Waals surface area (Å²) in [6, 6.07) is 11.5. The summed E-state index contributed by atoms with van der Waals surface area (Å²) in [6.07, 6.45) is 4.10. The molecule has 3 aromatic rings. The SMILES string of the molecule is COc1ccc(CN2CC[C@H](O)[C@@](O)(COc3cccc(F)c3)C2)cc1OCCCn1cc(C)cn1. The van der Waals surface area contributed by atoms with Crippen molar-refractivity contribution >= 4 is 0 Å². The van der Waals surface area contributed by atoms with Gasteiger partial charge in [-0.2, -0.15) is 5.10 Å². The van der Waals surface area contributed by atoms with E-state index in [4.69, 9.17) is 14.2 Å². The van der Waals surface area contributed by atoms with Crippen LogP contribution in [0.3, 0.4) is 0 Å². The van der Waals surface area contributed by atoms with E-state index in [1.54, 1.807) is 19.2 Å². The van der Waals surface area contributed by atoms with Gasteiger partial charge in [-0.1, -0.05) is 12.1 Å². The van der Waals surface area contributed by atoms with Crippen LogP contribution in [0.1, 0.15) is 24.0 Å². The number of ether oxygens (including phenoxy) is 3. The molecule has 0 radical (unpaired) electrons. The number of aliphatic hydroxyl groups is 2. The van der Waals surface area contributed by atoms with E-state index in [1.165, 1.54) is 12.1 Å². The largest absolute Gasteiger partial charge is 0.493 e. The van der Waals surface area contributed by atoms with Crippen LogP contribution in [0.2, 0.25) is 0 Å². The molecule has 1 saturated heterocycles. The van der Waals surface area contributed by atoms with E-state index in [9.17, 15) is 14.6 Å². The molecular formula is C27H34FN3O5. The molecule has 1 aliphatic rings. The maximum atomic E-state index is 13.4. The number of likely N-dealkylation sites (tertiary alicyclic amines) is 1. The number of aryl methyl sites for hydroxylation is 2. The van der Waals surface area contributed by atoms with Crippen molar-refractivity contribution in [3.05, 3.63) is 71.8 Å². The lowest BCUT2D eigenvalue weighted by Crippen LogP contribution is -2.59. The number of benzene rings is 2. The van der Waals surface area contributed by atoms with E-state index in [0.29, 0.717) is 43.4 Å². The van der Waals surface area contributed by atoms with Gasteiger partial charge in [0.25, 0.3) is 0 Å². The normalized spacial score (nSPS) is 20.3. The van der Waals surface area contributed by atoms with Crippen LogP contribution < -0.4 is 14.2 Å². The molecule has 1 aromatic heterocycles. The van der Waals surface area contributed by atoms with E-state index in [2.05, 4.69) is 10.00 Å². The molecule has 0 saturated carbocycles. The van der Waals surface area contributed by atoms with E-state index in [0.717, 1.165) is 24.1 Å². The van der Waals surface area contributed by atoms with Crippen LogP contribution in [-0.4, -0.2) is 70.0 Å². The van der Waals surface area contributed by atoms with Gasteiger partial charge in [-0.3, -0.25) is 9.58 Å². The number of piperidine rings is 1. The minimum atomic E-state index is -1.47. The first-order chi connectivity index (χ1) is 17.3. The fourth-order valence-corrected chi connectivity index (χ4v) is 4.38. The van der Waals surface area contributed by atoms with Gasteiger partial charge in [0.05, 0.1) is 26.0 Å². The fraction of sp³-hybridized carbons (Fsp3) is 0.444. The third-order valence-corrected chi connectivity index (χ3v) is 6.31. The van der Waals surface area contributed by atoms with E-state index in [-0.39, 0.29) is 13.2 Å². The van der Waals surface area contributed by atoms with E-state index in [1.807, 2.05) is 42.2 Å². The molecule has 0 spiro atoms. The van der Waals surface area contributed by atoms with Crippen molar-refractivity contribution in [2.75, 3.05) is 33.4 Å². The van der Waals surface area contributed by atoms with Crippen molar-refractivity contribution in [3.8, 4) is 17.2 Å². The van der Waals surface area contributed by atoms with Crippen LogP contribution in [0.5, 0.6) is 17.2 Å². The average molecular weight is 500 g/mol. The smallest absolute Gasteiger partial charge is 0.161 e. The van der Waals surface area contributed by atoms with Gasteiger partial charge < -0.3 is 24.4 Å². The van der Waals surface area contributed by atoms with Crippen LogP contribution in [0, 0.1) is 12.7 Å². The van der Waals surface area contributed by atoms with Gasteiger partial charge in [0, 0.05) is 44.9 Å². The van der Waals surface area contributed by atoms with Gasteiger partial charge in [-0.25, -0.2) is 4.39 Å². The first kappa shape index (κ1) is 25.9. The second-order valence-electron chi connectivity index (χ2n) is 9.33. The Morgan fingerprint density at radius 2 is 2.03 bits per heavy atom. The van der Waals surface area contributed by atoms with Crippen molar-refractivity contribution in [2.45, 2.75) is 44.6 Å². The lowest BCUT2D eigenvalue weighted by atomic mass is 9.90. The summed E-state index contributed by atoms with van der Waals surface area (Å²) < 4.78 is 32.4. The molecule has 1 aliphatic heterocycles. The number of β-amino-alcohol motifs (C(OH)–C–C–N with tert-alkyl or cyclic N) is 1. The van der Waals surface area contributed by atoms with Gasteiger partial charge >= 0.3 is 0 Å². The van der Waals surface area contributed by atoms with Gasteiger partial charge in [0.15, 0.2) is 11.5 Å². The molecule has 2 heterocycles. The highest BCUT2D eigenvalue weighted by molar-refractivity contribution is 5.43. The first-order valence-electron chi connectivity index (χ1n) is 12.1. The van der Waals surface area contributed by atoms with Gasteiger partial charge in [0.1, 0.15) is 23.8 Å². The molecule has 36 heavy (non-hydrogen) atoms. The summed E-state index contributed by atoms with van der Waals surface area (Å²) in [4.78, 5) is 2.06. The summed E-state index contributed by atoms with van der Waals surface area (Å²) in [7, 11) is 1.61. The molecule has 2 atom stereocenters. The quantitative estimate of drug-likeness (QED) is 0.392. The third kappa shape index (κ3) is 6.75. The standard InChI is InChI=1S/C27H34FN3O5/c1-20-15-29-31(16-20)10-4-12-35-25-13-21(7-8-24(25)34-2)17-30-11-9-26(32)27(33,18-30)19-36-23-6-3-5-22(28)14-23/h3,5-8,13-16,26,32-33H,4,9-12,17-19H2,1-2H3/t26-,27-/m0/s1. The predicted molar refractivity (Wildman–Crippen MR) is 133 cm³/mol. The zero-order valence-corrected chi connectivity index (χ0v) is 20.8. The highest BCUT2D eigenvalue weighted by Gasteiger charge is 2.42. The molecular weight excluding hydrogens is 465 g/mol. The number of hydrogen-bond acceptors (Lipinski definition) is 7. The summed E-state index contributed by atoms with van der Waals surface area (Å²) in [6.45, 7) is 4.55. The lowest BCUT2D eigenvalue weighted by molar-refractivity contribution is -0.140. The molecule has 0 amide bonds. The van der Waals surface area contributed by atoms with Crippen LogP contribution in [0.25, 0.3) is 0 Å². The number of halogens is 1. The first-order valence-corrected chi connectivity index (χ1v) is 12.1. The molecule has 194 valence electrons. The average Bonchev–Trinajstić information content (AvgIpc) is 3.28. The second kappa shape index (κ2) is 11.7. The molecule has 1 fully saturated rings. The van der Waals surface area contributed by atoms with Crippen LogP contribution in [-0.2, 0) is 13.1 Å².